The predicted molar refractivity (Wildman–Crippen MR) is 69.5 cm³/mol. The van der Waals surface area contributed by atoms with Crippen LogP contribution in [0.1, 0.15) is 17.3 Å². The van der Waals surface area contributed by atoms with Crippen molar-refractivity contribution in [2.24, 2.45) is 0 Å². The van der Waals surface area contributed by atoms with Gasteiger partial charge in [0, 0.05) is 11.3 Å². The quantitative estimate of drug-likeness (QED) is 0.694. The molecule has 7 nitrogen and oxygen atoms in total. The van der Waals surface area contributed by atoms with Crippen molar-refractivity contribution in [1.82, 2.24) is 5.32 Å². The largest absolute Gasteiger partial charge is 0.480 e. The maximum Gasteiger partial charge on any atom is 0.322 e. The molecule has 1 aromatic rings. The van der Waals surface area contributed by atoms with E-state index in [-0.39, 0.29) is 11.3 Å². The molecular weight excluding hydrogens is 272 g/mol. The summed E-state index contributed by atoms with van der Waals surface area (Å²) >= 11 is 0. The highest BCUT2D eigenvalue weighted by Crippen LogP contribution is 2.11. The number of carboxylic acid groups (broad SMARTS) is 1. The van der Waals surface area contributed by atoms with Crippen LogP contribution >= 0.6 is 0 Å². The molecule has 1 rings (SSSR count). The van der Waals surface area contributed by atoms with E-state index in [0.717, 1.165) is 0 Å². The molecule has 0 unspecified atom stereocenters. The normalized spacial score (nSPS) is 10.8. The Morgan fingerprint density at radius 1 is 1.21 bits per heavy atom. The van der Waals surface area contributed by atoms with Gasteiger partial charge in [-0.15, -0.1) is 0 Å². The van der Waals surface area contributed by atoms with Crippen LogP contribution in [0.5, 0.6) is 0 Å². The Morgan fingerprint density at radius 2 is 1.79 bits per heavy atom. The van der Waals surface area contributed by atoms with Gasteiger partial charge in [0.25, 0.3) is 5.91 Å². The van der Waals surface area contributed by atoms with E-state index in [2.05, 4.69) is 10.0 Å². The van der Waals surface area contributed by atoms with Crippen molar-refractivity contribution in [3.8, 4) is 0 Å². The van der Waals surface area contributed by atoms with Crippen molar-refractivity contribution in [1.29, 1.82) is 0 Å². The fourth-order valence-electron chi connectivity index (χ4n) is 1.20. The van der Waals surface area contributed by atoms with Crippen LogP contribution in [0.3, 0.4) is 0 Å². The minimum Gasteiger partial charge on any atom is -0.480 e. The standard InChI is InChI=1S/C11H14N2O5S/c1-2-19(17,18)13-9-5-3-8(4-6-9)11(16)12-7-10(14)15/h3-6,13H,2,7H2,1H3,(H,12,16)(H,14,15). The van der Waals surface area contributed by atoms with Gasteiger partial charge in [0.1, 0.15) is 6.54 Å². The monoisotopic (exact) mass is 286 g/mol. The van der Waals surface area contributed by atoms with Gasteiger partial charge in [0.2, 0.25) is 10.0 Å². The second-order valence-corrected chi connectivity index (χ2v) is 5.67. The van der Waals surface area contributed by atoms with Crippen LogP contribution < -0.4 is 10.0 Å². The van der Waals surface area contributed by atoms with Crippen LogP contribution in [-0.4, -0.2) is 37.7 Å². The Morgan fingerprint density at radius 3 is 2.26 bits per heavy atom. The number of nitrogens with one attached hydrogen (secondary N) is 2. The molecule has 0 aliphatic heterocycles. The first-order chi connectivity index (χ1) is 8.84. The predicted octanol–water partition coefficient (Wildman–Crippen LogP) is 0.263. The van der Waals surface area contributed by atoms with Crippen molar-refractivity contribution in [3.05, 3.63) is 29.8 Å². The molecule has 0 bridgehead atoms. The number of sulfonamides is 1. The molecule has 0 fully saturated rings. The van der Waals surface area contributed by atoms with Crippen molar-refractivity contribution >= 4 is 27.6 Å². The average molecular weight is 286 g/mol. The molecule has 0 aliphatic carbocycles. The lowest BCUT2D eigenvalue weighted by Gasteiger charge is -2.07. The highest BCUT2D eigenvalue weighted by Gasteiger charge is 2.09. The maximum absolute atomic E-state index is 11.5. The number of carbonyl (C=O) groups is 2. The molecule has 0 radical (unpaired) electrons. The van der Waals surface area contributed by atoms with E-state index in [1.807, 2.05) is 0 Å². The molecule has 0 atom stereocenters. The summed E-state index contributed by atoms with van der Waals surface area (Å²) in [6.45, 7) is 1.04. The molecule has 19 heavy (non-hydrogen) atoms. The third kappa shape index (κ3) is 4.96. The van der Waals surface area contributed by atoms with Crippen LogP contribution in [0.25, 0.3) is 0 Å². The van der Waals surface area contributed by atoms with Gasteiger partial charge < -0.3 is 10.4 Å². The molecule has 0 spiro atoms. The third-order valence-electron chi connectivity index (χ3n) is 2.20. The Kier molecular flexibility index (Phi) is 4.87. The zero-order valence-corrected chi connectivity index (χ0v) is 11.0. The van der Waals surface area contributed by atoms with Gasteiger partial charge in [0.15, 0.2) is 0 Å². The lowest BCUT2D eigenvalue weighted by atomic mass is 10.2. The number of hydrogen-bond acceptors (Lipinski definition) is 4. The summed E-state index contributed by atoms with van der Waals surface area (Å²) in [5.74, 6) is -1.72. The first kappa shape index (κ1) is 15.0. The van der Waals surface area contributed by atoms with Crippen LogP contribution in [-0.2, 0) is 14.8 Å². The van der Waals surface area contributed by atoms with Gasteiger partial charge in [-0.3, -0.25) is 14.3 Å². The molecule has 0 saturated carbocycles. The third-order valence-corrected chi connectivity index (χ3v) is 3.51. The van der Waals surface area contributed by atoms with Crippen LogP contribution in [0.2, 0.25) is 0 Å². The minimum absolute atomic E-state index is 0.0478. The molecule has 0 aromatic heterocycles. The van der Waals surface area contributed by atoms with Crippen LogP contribution in [0.4, 0.5) is 5.69 Å². The summed E-state index contributed by atoms with van der Waals surface area (Å²) in [5, 5.41) is 10.6. The van der Waals surface area contributed by atoms with E-state index in [9.17, 15) is 18.0 Å². The zero-order valence-electron chi connectivity index (χ0n) is 10.2. The lowest BCUT2D eigenvalue weighted by molar-refractivity contribution is -0.135. The number of carbonyl (C=O) groups excluding carboxylic acids is 1. The number of benzene rings is 1. The zero-order chi connectivity index (χ0) is 14.5. The SMILES string of the molecule is CCS(=O)(=O)Nc1ccc(C(=O)NCC(=O)O)cc1. The number of rotatable bonds is 6. The van der Waals surface area contributed by atoms with Gasteiger partial charge in [-0.1, -0.05) is 0 Å². The second kappa shape index (κ2) is 6.19. The number of hydrogen-bond donors (Lipinski definition) is 3. The van der Waals surface area contributed by atoms with Gasteiger partial charge in [-0.05, 0) is 31.2 Å². The number of anilines is 1. The Labute approximate surface area is 110 Å². The van der Waals surface area contributed by atoms with Crippen molar-refractivity contribution in [3.63, 3.8) is 0 Å². The summed E-state index contributed by atoms with van der Waals surface area (Å²) in [7, 11) is -3.36. The molecule has 104 valence electrons. The molecule has 1 aromatic carbocycles. The topological polar surface area (TPSA) is 113 Å². The molecular formula is C11H14N2O5S. The number of aliphatic carboxylic acids is 1. The Hall–Kier alpha value is -2.09. The maximum atomic E-state index is 11.5. The van der Waals surface area contributed by atoms with Crippen molar-refractivity contribution < 1.29 is 23.1 Å². The Bertz CT molecular complexity index is 565. The lowest BCUT2D eigenvalue weighted by Crippen LogP contribution is -2.29. The number of amides is 1. The summed E-state index contributed by atoms with van der Waals surface area (Å²) in [4.78, 5) is 21.8. The van der Waals surface area contributed by atoms with Crippen LogP contribution in [0.15, 0.2) is 24.3 Å². The van der Waals surface area contributed by atoms with E-state index < -0.39 is 28.4 Å². The van der Waals surface area contributed by atoms with E-state index in [0.29, 0.717) is 5.69 Å². The minimum atomic E-state index is -3.36. The highest BCUT2D eigenvalue weighted by atomic mass is 32.2. The smallest absolute Gasteiger partial charge is 0.322 e. The molecule has 8 heteroatoms. The highest BCUT2D eigenvalue weighted by molar-refractivity contribution is 7.92. The van der Waals surface area contributed by atoms with Gasteiger partial charge in [0.05, 0.1) is 5.75 Å². The molecule has 3 N–H and O–H groups in total. The fraction of sp³-hybridized carbons (Fsp3) is 0.273. The van der Waals surface area contributed by atoms with Gasteiger partial charge in [-0.2, -0.15) is 0 Å². The van der Waals surface area contributed by atoms with E-state index in [4.69, 9.17) is 5.11 Å². The summed E-state index contributed by atoms with van der Waals surface area (Å²) < 4.78 is 24.9. The average Bonchev–Trinajstić information content (AvgIpc) is 2.36. The van der Waals surface area contributed by atoms with Gasteiger partial charge in [-0.25, -0.2) is 8.42 Å². The van der Waals surface area contributed by atoms with Crippen LogP contribution in [0, 0.1) is 0 Å². The second-order valence-electron chi connectivity index (χ2n) is 3.66. The fourth-order valence-corrected chi connectivity index (χ4v) is 1.84. The molecule has 0 saturated heterocycles. The van der Waals surface area contributed by atoms with E-state index >= 15 is 0 Å². The first-order valence-electron chi connectivity index (χ1n) is 5.44. The van der Waals surface area contributed by atoms with Gasteiger partial charge >= 0.3 is 5.97 Å². The Balaban J connectivity index is 2.71. The van der Waals surface area contributed by atoms with Crippen molar-refractivity contribution in [2.45, 2.75) is 6.92 Å². The molecule has 0 heterocycles. The summed E-state index contributed by atoms with van der Waals surface area (Å²) in [6, 6.07) is 5.68. The van der Waals surface area contributed by atoms with Crippen molar-refractivity contribution in [2.75, 3.05) is 17.0 Å². The summed E-state index contributed by atoms with van der Waals surface area (Å²) in [6.07, 6.45) is 0. The first-order valence-corrected chi connectivity index (χ1v) is 7.10. The molecule has 0 aliphatic rings. The van der Waals surface area contributed by atoms with E-state index in [1.54, 1.807) is 0 Å². The van der Waals surface area contributed by atoms with E-state index in [1.165, 1.54) is 31.2 Å². The number of carboxylic acids is 1. The summed E-state index contributed by atoms with van der Waals surface area (Å²) in [5.41, 5.74) is 0.595. The molecule has 1 amide bonds.